The lowest BCUT2D eigenvalue weighted by Crippen LogP contribution is -2.35. The lowest BCUT2D eigenvalue weighted by molar-refractivity contribution is -0.134. The third-order valence-electron chi connectivity index (χ3n) is 4.79. The first-order valence-corrected chi connectivity index (χ1v) is 8.97. The lowest BCUT2D eigenvalue weighted by Gasteiger charge is -2.24. The molecule has 26 heavy (non-hydrogen) atoms. The van der Waals surface area contributed by atoms with Gasteiger partial charge in [0.15, 0.2) is 12.4 Å². The van der Waals surface area contributed by atoms with Gasteiger partial charge in [-0.25, -0.2) is 0 Å². The molecule has 1 fully saturated rings. The standard InChI is InChI=1S/C20H26N4O2/c1-14-7-5-8-15(2)20(14)26-13-19(25)24-12-6-9-17(24)16-10-11-18(22-21-16)23(3)4/h5,7-8,10-11,17H,6,9,12-13H2,1-4H3. The van der Waals surface area contributed by atoms with Crippen molar-refractivity contribution in [2.24, 2.45) is 0 Å². The molecule has 138 valence electrons. The topological polar surface area (TPSA) is 58.6 Å². The third-order valence-corrected chi connectivity index (χ3v) is 4.79. The molecule has 0 N–H and O–H groups in total. The fourth-order valence-electron chi connectivity index (χ4n) is 3.37. The molecular formula is C20H26N4O2. The van der Waals surface area contributed by atoms with E-state index in [1.54, 1.807) is 0 Å². The molecule has 1 saturated heterocycles. The van der Waals surface area contributed by atoms with Gasteiger partial charge in [-0.15, -0.1) is 5.10 Å². The normalized spacial score (nSPS) is 16.6. The maximum Gasteiger partial charge on any atom is 0.261 e. The number of anilines is 1. The quantitative estimate of drug-likeness (QED) is 0.826. The Kier molecular flexibility index (Phi) is 5.40. The Labute approximate surface area is 154 Å². The van der Waals surface area contributed by atoms with Crippen LogP contribution >= 0.6 is 0 Å². The number of ether oxygens (including phenoxy) is 1. The average molecular weight is 354 g/mol. The maximum absolute atomic E-state index is 12.7. The number of aryl methyl sites for hydroxylation is 2. The number of rotatable bonds is 5. The molecule has 2 aromatic rings. The summed E-state index contributed by atoms with van der Waals surface area (Å²) >= 11 is 0. The summed E-state index contributed by atoms with van der Waals surface area (Å²) in [5.41, 5.74) is 2.93. The molecule has 1 aromatic carbocycles. The van der Waals surface area contributed by atoms with E-state index in [2.05, 4.69) is 10.2 Å². The molecule has 0 radical (unpaired) electrons. The van der Waals surface area contributed by atoms with E-state index in [1.807, 2.05) is 68.1 Å². The molecular weight excluding hydrogens is 328 g/mol. The van der Waals surface area contributed by atoms with Crippen molar-refractivity contribution in [1.29, 1.82) is 0 Å². The predicted octanol–water partition coefficient (Wildman–Crippen LogP) is 2.90. The van der Waals surface area contributed by atoms with Crippen molar-refractivity contribution < 1.29 is 9.53 Å². The van der Waals surface area contributed by atoms with Crippen LogP contribution in [-0.2, 0) is 4.79 Å². The zero-order valence-corrected chi connectivity index (χ0v) is 15.9. The summed E-state index contributed by atoms with van der Waals surface area (Å²) in [5.74, 6) is 1.60. The fourth-order valence-corrected chi connectivity index (χ4v) is 3.37. The predicted molar refractivity (Wildman–Crippen MR) is 101 cm³/mol. The number of benzene rings is 1. The van der Waals surface area contributed by atoms with E-state index in [9.17, 15) is 4.79 Å². The highest BCUT2D eigenvalue weighted by molar-refractivity contribution is 5.78. The highest BCUT2D eigenvalue weighted by atomic mass is 16.5. The Morgan fingerprint density at radius 2 is 1.92 bits per heavy atom. The van der Waals surface area contributed by atoms with E-state index < -0.39 is 0 Å². The van der Waals surface area contributed by atoms with Crippen molar-refractivity contribution in [2.75, 3.05) is 32.1 Å². The molecule has 0 saturated carbocycles. The van der Waals surface area contributed by atoms with Crippen LogP contribution in [0.4, 0.5) is 5.82 Å². The molecule has 1 aliphatic heterocycles. The Morgan fingerprint density at radius 1 is 1.19 bits per heavy atom. The first-order valence-electron chi connectivity index (χ1n) is 8.97. The largest absolute Gasteiger partial charge is 0.483 e. The number of likely N-dealkylation sites (tertiary alicyclic amines) is 1. The summed E-state index contributed by atoms with van der Waals surface area (Å²) < 4.78 is 5.84. The van der Waals surface area contributed by atoms with Gasteiger partial charge in [0, 0.05) is 20.6 Å². The van der Waals surface area contributed by atoms with Crippen LogP contribution in [-0.4, -0.2) is 48.3 Å². The zero-order chi connectivity index (χ0) is 18.7. The molecule has 1 unspecified atom stereocenters. The van der Waals surface area contributed by atoms with Gasteiger partial charge in [0.25, 0.3) is 5.91 Å². The smallest absolute Gasteiger partial charge is 0.261 e. The van der Waals surface area contributed by atoms with Gasteiger partial charge in [-0.05, 0) is 49.9 Å². The van der Waals surface area contributed by atoms with Gasteiger partial charge in [-0.2, -0.15) is 5.10 Å². The van der Waals surface area contributed by atoms with Crippen LogP contribution in [0.5, 0.6) is 5.75 Å². The summed E-state index contributed by atoms with van der Waals surface area (Å²) in [6, 6.07) is 9.86. The van der Waals surface area contributed by atoms with Gasteiger partial charge in [-0.3, -0.25) is 4.79 Å². The molecule has 0 bridgehead atoms. The monoisotopic (exact) mass is 354 g/mol. The molecule has 2 heterocycles. The van der Waals surface area contributed by atoms with Gasteiger partial charge in [0.05, 0.1) is 11.7 Å². The second-order valence-electron chi connectivity index (χ2n) is 6.97. The SMILES string of the molecule is Cc1cccc(C)c1OCC(=O)N1CCCC1c1ccc(N(C)C)nn1. The van der Waals surface area contributed by atoms with Gasteiger partial charge in [0.2, 0.25) is 0 Å². The fraction of sp³-hybridized carbons (Fsp3) is 0.450. The highest BCUT2D eigenvalue weighted by Gasteiger charge is 2.31. The number of hydrogen-bond acceptors (Lipinski definition) is 5. The van der Waals surface area contributed by atoms with Gasteiger partial charge in [-0.1, -0.05) is 18.2 Å². The van der Waals surface area contributed by atoms with Crippen LogP contribution in [0.1, 0.15) is 35.7 Å². The molecule has 1 amide bonds. The van der Waals surface area contributed by atoms with Crippen LogP contribution in [0.15, 0.2) is 30.3 Å². The van der Waals surface area contributed by atoms with Gasteiger partial charge < -0.3 is 14.5 Å². The van der Waals surface area contributed by atoms with E-state index in [0.717, 1.165) is 47.8 Å². The molecule has 1 aliphatic rings. The van der Waals surface area contributed by atoms with E-state index >= 15 is 0 Å². The molecule has 1 aromatic heterocycles. The van der Waals surface area contributed by atoms with Crippen molar-refractivity contribution in [1.82, 2.24) is 15.1 Å². The number of aromatic nitrogens is 2. The van der Waals surface area contributed by atoms with Gasteiger partial charge in [0.1, 0.15) is 5.75 Å². The minimum Gasteiger partial charge on any atom is -0.483 e. The van der Waals surface area contributed by atoms with E-state index in [4.69, 9.17) is 4.74 Å². The molecule has 0 aliphatic carbocycles. The summed E-state index contributed by atoms with van der Waals surface area (Å²) in [7, 11) is 3.86. The van der Waals surface area contributed by atoms with Crippen LogP contribution in [0, 0.1) is 13.8 Å². The number of carbonyl (C=O) groups excluding carboxylic acids is 1. The summed E-state index contributed by atoms with van der Waals surface area (Å²) in [6.07, 6.45) is 1.88. The molecule has 3 rings (SSSR count). The molecule has 6 heteroatoms. The second kappa shape index (κ2) is 7.72. The first kappa shape index (κ1) is 18.2. The van der Waals surface area contributed by atoms with Gasteiger partial charge >= 0.3 is 0 Å². The number of hydrogen-bond donors (Lipinski definition) is 0. The lowest BCUT2D eigenvalue weighted by atomic mass is 10.1. The Morgan fingerprint density at radius 3 is 2.54 bits per heavy atom. The first-order chi connectivity index (χ1) is 12.5. The Bertz CT molecular complexity index is 754. The number of amides is 1. The number of para-hydroxylation sites is 1. The van der Waals surface area contributed by atoms with E-state index in [-0.39, 0.29) is 18.6 Å². The number of nitrogens with zero attached hydrogens (tertiary/aromatic N) is 4. The second-order valence-corrected chi connectivity index (χ2v) is 6.97. The summed E-state index contributed by atoms with van der Waals surface area (Å²) in [5, 5.41) is 8.57. The van der Waals surface area contributed by atoms with E-state index in [0.29, 0.717) is 0 Å². The van der Waals surface area contributed by atoms with Crippen molar-refractivity contribution in [3.63, 3.8) is 0 Å². The third kappa shape index (κ3) is 3.79. The molecule has 6 nitrogen and oxygen atoms in total. The average Bonchev–Trinajstić information content (AvgIpc) is 3.11. The van der Waals surface area contributed by atoms with Crippen molar-refractivity contribution in [3.05, 3.63) is 47.2 Å². The number of carbonyl (C=O) groups is 1. The van der Waals surface area contributed by atoms with Crippen LogP contribution in [0.3, 0.4) is 0 Å². The van der Waals surface area contributed by atoms with Crippen molar-refractivity contribution in [3.8, 4) is 5.75 Å². The summed E-state index contributed by atoms with van der Waals surface area (Å²) in [6.45, 7) is 4.77. The van der Waals surface area contributed by atoms with Crippen LogP contribution in [0.2, 0.25) is 0 Å². The van der Waals surface area contributed by atoms with Crippen LogP contribution in [0.25, 0.3) is 0 Å². The maximum atomic E-state index is 12.7. The Hall–Kier alpha value is -2.63. The minimum absolute atomic E-state index is 0.00589. The molecule has 0 spiro atoms. The summed E-state index contributed by atoms with van der Waals surface area (Å²) in [4.78, 5) is 16.5. The Balaban J connectivity index is 1.68. The highest BCUT2D eigenvalue weighted by Crippen LogP contribution is 2.31. The zero-order valence-electron chi connectivity index (χ0n) is 15.9. The van der Waals surface area contributed by atoms with E-state index in [1.165, 1.54) is 0 Å². The molecule has 1 atom stereocenters. The van der Waals surface area contributed by atoms with Crippen molar-refractivity contribution >= 4 is 11.7 Å². The van der Waals surface area contributed by atoms with Crippen molar-refractivity contribution in [2.45, 2.75) is 32.7 Å². The van der Waals surface area contributed by atoms with Crippen LogP contribution < -0.4 is 9.64 Å². The minimum atomic E-state index is -0.0206.